The minimum Gasteiger partial charge on any atom is -0.489 e. The smallest absolute Gasteiger partial charge is 0.244 e. The topological polar surface area (TPSA) is 33.8 Å². The summed E-state index contributed by atoms with van der Waals surface area (Å²) < 4.78 is 5.73. The van der Waals surface area contributed by atoms with Crippen LogP contribution in [0.15, 0.2) is 54.6 Å². The van der Waals surface area contributed by atoms with E-state index in [1.165, 1.54) is 0 Å². The lowest BCUT2D eigenvalue weighted by Gasteiger charge is -2.13. The molecule has 0 aromatic heterocycles. The molecule has 3 heteroatoms. The minimum absolute atomic E-state index is 0.0473. The number of hydrogen-bond donors (Lipinski definition) is 1. The Bertz CT molecular complexity index is 560. The molecule has 2 aromatic carbocycles. The van der Waals surface area contributed by atoms with Gasteiger partial charge in [0, 0.05) is 5.56 Å². The van der Waals surface area contributed by atoms with Gasteiger partial charge in [0.05, 0.1) is 0 Å². The van der Waals surface area contributed by atoms with E-state index in [0.29, 0.717) is 17.9 Å². The monoisotopic (exact) mass is 253 g/mol. The zero-order chi connectivity index (χ0) is 13.5. The molecular formula is C16H15NO2. The SMILES string of the molecule is [C-]#[N+]CC(O)c1ccccc1OCc1ccccc1. The number of nitrogens with zero attached hydrogens (tertiary/aromatic N) is 1. The van der Waals surface area contributed by atoms with E-state index in [9.17, 15) is 5.11 Å². The van der Waals surface area contributed by atoms with Crippen molar-refractivity contribution in [1.82, 2.24) is 0 Å². The average molecular weight is 253 g/mol. The second-order valence-corrected chi connectivity index (χ2v) is 4.17. The highest BCUT2D eigenvalue weighted by Gasteiger charge is 2.15. The third kappa shape index (κ3) is 3.57. The largest absolute Gasteiger partial charge is 0.489 e. The molecule has 0 fully saturated rings. The first-order valence-electron chi connectivity index (χ1n) is 6.08. The van der Waals surface area contributed by atoms with E-state index in [-0.39, 0.29) is 6.54 Å². The van der Waals surface area contributed by atoms with Crippen LogP contribution in [0.1, 0.15) is 17.2 Å². The Morgan fingerprint density at radius 1 is 1.05 bits per heavy atom. The van der Waals surface area contributed by atoms with Crippen LogP contribution in [0.25, 0.3) is 4.85 Å². The molecule has 0 heterocycles. The molecule has 0 aliphatic carbocycles. The Hall–Kier alpha value is -2.31. The van der Waals surface area contributed by atoms with Crippen LogP contribution in [0, 0.1) is 6.57 Å². The lowest BCUT2D eigenvalue weighted by molar-refractivity contribution is 0.186. The highest BCUT2D eigenvalue weighted by molar-refractivity contribution is 5.35. The van der Waals surface area contributed by atoms with E-state index in [4.69, 9.17) is 11.3 Å². The summed E-state index contributed by atoms with van der Waals surface area (Å²) in [5.74, 6) is 0.627. The molecule has 0 aliphatic heterocycles. The van der Waals surface area contributed by atoms with Crippen molar-refractivity contribution in [1.29, 1.82) is 0 Å². The number of benzene rings is 2. The molecular weight excluding hydrogens is 238 g/mol. The van der Waals surface area contributed by atoms with E-state index in [2.05, 4.69) is 4.85 Å². The lowest BCUT2D eigenvalue weighted by atomic mass is 10.1. The predicted molar refractivity (Wildman–Crippen MR) is 73.6 cm³/mol. The summed E-state index contributed by atoms with van der Waals surface area (Å²) in [6.07, 6.45) is -0.801. The molecule has 0 amide bonds. The number of para-hydroxylation sites is 1. The van der Waals surface area contributed by atoms with E-state index in [1.54, 1.807) is 6.07 Å². The Kier molecular flexibility index (Phi) is 4.54. The summed E-state index contributed by atoms with van der Waals surface area (Å²) >= 11 is 0. The van der Waals surface area contributed by atoms with Gasteiger partial charge in [0.25, 0.3) is 0 Å². The summed E-state index contributed by atoms with van der Waals surface area (Å²) in [5.41, 5.74) is 1.73. The Labute approximate surface area is 112 Å². The van der Waals surface area contributed by atoms with Gasteiger partial charge in [-0.3, -0.25) is 0 Å². The van der Waals surface area contributed by atoms with Crippen molar-refractivity contribution >= 4 is 0 Å². The Balaban J connectivity index is 2.10. The fourth-order valence-corrected chi connectivity index (χ4v) is 1.81. The molecule has 19 heavy (non-hydrogen) atoms. The normalized spacial score (nSPS) is 11.6. The van der Waals surface area contributed by atoms with Crippen molar-refractivity contribution in [3.05, 3.63) is 77.1 Å². The first-order valence-corrected chi connectivity index (χ1v) is 6.08. The highest BCUT2D eigenvalue weighted by atomic mass is 16.5. The summed E-state index contributed by atoms with van der Waals surface area (Å²) in [7, 11) is 0. The molecule has 2 aromatic rings. The second-order valence-electron chi connectivity index (χ2n) is 4.17. The number of hydrogen-bond acceptors (Lipinski definition) is 2. The first-order chi connectivity index (χ1) is 9.31. The van der Waals surface area contributed by atoms with E-state index < -0.39 is 6.10 Å². The molecule has 0 spiro atoms. The maximum absolute atomic E-state index is 9.90. The predicted octanol–water partition coefficient (Wildman–Crippen LogP) is 3.22. The first kappa shape index (κ1) is 13.1. The number of rotatable bonds is 5. The molecule has 3 nitrogen and oxygen atoms in total. The van der Waals surface area contributed by atoms with Gasteiger partial charge in [-0.25, -0.2) is 6.57 Å². The average Bonchev–Trinajstić information content (AvgIpc) is 2.47. The van der Waals surface area contributed by atoms with Crippen LogP contribution >= 0.6 is 0 Å². The van der Waals surface area contributed by atoms with Gasteiger partial charge in [0.2, 0.25) is 6.54 Å². The molecule has 0 saturated carbocycles. The molecule has 96 valence electrons. The number of aliphatic hydroxyl groups is 1. The van der Waals surface area contributed by atoms with Crippen LogP contribution in [0.3, 0.4) is 0 Å². The van der Waals surface area contributed by atoms with E-state index >= 15 is 0 Å². The maximum atomic E-state index is 9.90. The van der Waals surface area contributed by atoms with E-state index in [1.807, 2.05) is 48.5 Å². The van der Waals surface area contributed by atoms with Crippen LogP contribution in [0.4, 0.5) is 0 Å². The number of ether oxygens (including phenoxy) is 1. The zero-order valence-corrected chi connectivity index (χ0v) is 10.5. The quantitative estimate of drug-likeness (QED) is 0.830. The van der Waals surface area contributed by atoms with Crippen LogP contribution in [0.5, 0.6) is 5.75 Å². The van der Waals surface area contributed by atoms with Crippen molar-refractivity contribution in [2.45, 2.75) is 12.7 Å². The highest BCUT2D eigenvalue weighted by Crippen LogP contribution is 2.26. The summed E-state index contributed by atoms with van der Waals surface area (Å²) in [4.78, 5) is 3.22. The molecule has 0 radical (unpaired) electrons. The second kappa shape index (κ2) is 6.58. The minimum atomic E-state index is -0.801. The van der Waals surface area contributed by atoms with Gasteiger partial charge >= 0.3 is 0 Å². The third-order valence-corrected chi connectivity index (χ3v) is 2.78. The van der Waals surface area contributed by atoms with Crippen LogP contribution in [-0.2, 0) is 6.61 Å². The van der Waals surface area contributed by atoms with Gasteiger partial charge in [0.15, 0.2) is 6.10 Å². The lowest BCUT2D eigenvalue weighted by Crippen LogP contribution is -2.04. The summed E-state index contributed by atoms with van der Waals surface area (Å²) in [5, 5.41) is 9.90. The van der Waals surface area contributed by atoms with Crippen LogP contribution < -0.4 is 4.74 Å². The maximum Gasteiger partial charge on any atom is 0.244 e. The molecule has 0 saturated heterocycles. The van der Waals surface area contributed by atoms with Crippen molar-refractivity contribution in [3.8, 4) is 5.75 Å². The van der Waals surface area contributed by atoms with Gasteiger partial charge in [-0.1, -0.05) is 48.5 Å². The van der Waals surface area contributed by atoms with Gasteiger partial charge in [-0.2, -0.15) is 0 Å². The zero-order valence-electron chi connectivity index (χ0n) is 10.5. The van der Waals surface area contributed by atoms with Crippen molar-refractivity contribution in [2.24, 2.45) is 0 Å². The fourth-order valence-electron chi connectivity index (χ4n) is 1.81. The molecule has 0 aliphatic rings. The summed E-state index contributed by atoms with van der Waals surface area (Å²) in [6.45, 7) is 7.31. The van der Waals surface area contributed by atoms with Crippen molar-refractivity contribution in [2.75, 3.05) is 6.54 Å². The van der Waals surface area contributed by atoms with Gasteiger partial charge in [0.1, 0.15) is 12.4 Å². The van der Waals surface area contributed by atoms with Crippen LogP contribution in [-0.4, -0.2) is 11.7 Å². The molecule has 1 unspecified atom stereocenters. The van der Waals surface area contributed by atoms with Gasteiger partial charge in [-0.15, -0.1) is 0 Å². The third-order valence-electron chi connectivity index (χ3n) is 2.78. The Morgan fingerprint density at radius 2 is 1.74 bits per heavy atom. The fraction of sp³-hybridized carbons (Fsp3) is 0.188. The van der Waals surface area contributed by atoms with Gasteiger partial charge in [-0.05, 0) is 11.6 Å². The summed E-state index contributed by atoms with van der Waals surface area (Å²) in [6, 6.07) is 17.1. The van der Waals surface area contributed by atoms with Crippen molar-refractivity contribution < 1.29 is 9.84 Å². The molecule has 2 rings (SSSR count). The standard InChI is InChI=1S/C16H15NO2/c1-17-11-15(18)14-9-5-6-10-16(14)19-12-13-7-3-2-4-8-13/h2-10,15,18H,11-12H2. The molecule has 0 bridgehead atoms. The van der Waals surface area contributed by atoms with Gasteiger partial charge < -0.3 is 14.7 Å². The number of aliphatic hydroxyl groups excluding tert-OH is 1. The molecule has 1 atom stereocenters. The van der Waals surface area contributed by atoms with Crippen molar-refractivity contribution in [3.63, 3.8) is 0 Å². The molecule has 1 N–H and O–H groups in total. The van der Waals surface area contributed by atoms with Crippen LogP contribution in [0.2, 0.25) is 0 Å². The Morgan fingerprint density at radius 3 is 2.47 bits per heavy atom. The van der Waals surface area contributed by atoms with E-state index in [0.717, 1.165) is 5.56 Å².